The predicted molar refractivity (Wildman–Crippen MR) is 85.7 cm³/mol. The Kier molecular flexibility index (Phi) is 3.89. The number of hydrogen-bond donors (Lipinski definition) is 0. The highest BCUT2D eigenvalue weighted by Crippen LogP contribution is 2.19. The van der Waals surface area contributed by atoms with Crippen LogP contribution in [0.4, 0.5) is 0 Å². The van der Waals surface area contributed by atoms with Crippen molar-refractivity contribution in [3.63, 3.8) is 0 Å². The summed E-state index contributed by atoms with van der Waals surface area (Å²) in [6.45, 7) is 6.44. The lowest BCUT2D eigenvalue weighted by Crippen LogP contribution is -2.35. The molecule has 0 bridgehead atoms. The largest absolute Gasteiger partial charge is 0.293 e. The van der Waals surface area contributed by atoms with E-state index in [0.717, 1.165) is 30.6 Å². The second-order valence-corrected chi connectivity index (χ2v) is 5.97. The Bertz CT molecular complexity index is 675. The number of nitrogens with zero attached hydrogens (tertiary/aromatic N) is 1. The third-order valence-electron chi connectivity index (χ3n) is 4.26. The molecule has 0 radical (unpaired) electrons. The standard InChI is InChI=1S/C19H21NO/c1-14-7-8-18(15(2)11-14)19(21)13-20-10-9-16-5-3-4-6-17(16)12-20/h3-8,11H,9-10,12-13H2,1-2H3. The number of aryl methyl sites for hydroxylation is 2. The van der Waals surface area contributed by atoms with E-state index in [4.69, 9.17) is 0 Å². The molecule has 2 aromatic carbocycles. The maximum Gasteiger partial charge on any atom is 0.177 e. The molecule has 0 saturated carbocycles. The maximum atomic E-state index is 12.5. The summed E-state index contributed by atoms with van der Waals surface area (Å²) in [5, 5.41) is 0. The van der Waals surface area contributed by atoms with Crippen LogP contribution in [-0.4, -0.2) is 23.8 Å². The molecule has 0 fully saturated rings. The van der Waals surface area contributed by atoms with E-state index in [9.17, 15) is 4.79 Å². The molecule has 0 saturated heterocycles. The van der Waals surface area contributed by atoms with Crippen molar-refractivity contribution in [2.45, 2.75) is 26.8 Å². The molecule has 0 amide bonds. The highest BCUT2D eigenvalue weighted by atomic mass is 16.1. The third kappa shape index (κ3) is 3.06. The number of hydrogen-bond acceptors (Lipinski definition) is 2. The van der Waals surface area contributed by atoms with E-state index in [-0.39, 0.29) is 5.78 Å². The lowest BCUT2D eigenvalue weighted by Gasteiger charge is -2.28. The lowest BCUT2D eigenvalue weighted by molar-refractivity contribution is 0.0921. The summed E-state index contributed by atoms with van der Waals surface area (Å²) in [7, 11) is 0. The highest BCUT2D eigenvalue weighted by molar-refractivity contribution is 5.99. The van der Waals surface area contributed by atoms with Crippen LogP contribution in [0, 0.1) is 13.8 Å². The quantitative estimate of drug-likeness (QED) is 0.801. The van der Waals surface area contributed by atoms with E-state index in [2.05, 4.69) is 42.2 Å². The average Bonchev–Trinajstić information content (AvgIpc) is 2.47. The lowest BCUT2D eigenvalue weighted by atomic mass is 9.98. The molecule has 108 valence electrons. The fourth-order valence-electron chi connectivity index (χ4n) is 3.10. The van der Waals surface area contributed by atoms with Gasteiger partial charge in [0.25, 0.3) is 0 Å². The average molecular weight is 279 g/mol. The summed E-state index contributed by atoms with van der Waals surface area (Å²) in [6.07, 6.45) is 1.04. The van der Waals surface area contributed by atoms with Gasteiger partial charge in [0.2, 0.25) is 0 Å². The van der Waals surface area contributed by atoms with Gasteiger partial charge in [-0.3, -0.25) is 9.69 Å². The first-order chi connectivity index (χ1) is 10.1. The first-order valence-electron chi connectivity index (χ1n) is 7.53. The zero-order chi connectivity index (χ0) is 14.8. The van der Waals surface area contributed by atoms with Crippen molar-refractivity contribution in [1.29, 1.82) is 0 Å². The second-order valence-electron chi connectivity index (χ2n) is 5.97. The first-order valence-corrected chi connectivity index (χ1v) is 7.53. The SMILES string of the molecule is Cc1ccc(C(=O)CN2CCc3ccccc3C2)c(C)c1. The van der Waals surface area contributed by atoms with Crippen molar-refractivity contribution >= 4 is 5.78 Å². The van der Waals surface area contributed by atoms with Gasteiger partial charge in [-0.25, -0.2) is 0 Å². The van der Waals surface area contributed by atoms with E-state index in [0.29, 0.717) is 6.54 Å². The molecule has 0 N–H and O–H groups in total. The summed E-state index contributed by atoms with van der Waals surface area (Å²) in [5.41, 5.74) is 5.93. The normalized spacial score (nSPS) is 14.8. The van der Waals surface area contributed by atoms with Gasteiger partial charge in [0.1, 0.15) is 0 Å². The van der Waals surface area contributed by atoms with E-state index in [1.165, 1.54) is 16.7 Å². The number of rotatable bonds is 3. The number of ketones is 1. The Morgan fingerprint density at radius 1 is 1.10 bits per heavy atom. The number of carbonyl (C=O) groups excluding carboxylic acids is 1. The van der Waals surface area contributed by atoms with Crippen LogP contribution in [0.5, 0.6) is 0 Å². The molecule has 0 aromatic heterocycles. The Morgan fingerprint density at radius 2 is 1.86 bits per heavy atom. The van der Waals surface area contributed by atoms with E-state index in [1.54, 1.807) is 0 Å². The van der Waals surface area contributed by atoms with E-state index < -0.39 is 0 Å². The van der Waals surface area contributed by atoms with E-state index in [1.807, 2.05) is 19.1 Å². The molecule has 2 nitrogen and oxygen atoms in total. The Morgan fingerprint density at radius 3 is 2.62 bits per heavy atom. The fraction of sp³-hybridized carbons (Fsp3) is 0.316. The van der Waals surface area contributed by atoms with Gasteiger partial charge in [-0.15, -0.1) is 0 Å². The minimum Gasteiger partial charge on any atom is -0.293 e. The number of benzene rings is 2. The van der Waals surface area contributed by atoms with Crippen LogP contribution < -0.4 is 0 Å². The van der Waals surface area contributed by atoms with Crippen LogP contribution in [0.3, 0.4) is 0 Å². The van der Waals surface area contributed by atoms with Gasteiger partial charge >= 0.3 is 0 Å². The molecule has 0 unspecified atom stereocenters. The molecule has 2 heteroatoms. The summed E-state index contributed by atoms with van der Waals surface area (Å²) in [4.78, 5) is 14.8. The molecule has 0 aliphatic carbocycles. The van der Waals surface area contributed by atoms with Crippen LogP contribution in [0.1, 0.15) is 32.6 Å². The molecule has 21 heavy (non-hydrogen) atoms. The van der Waals surface area contributed by atoms with Gasteiger partial charge in [-0.1, -0.05) is 48.0 Å². The summed E-state index contributed by atoms with van der Waals surface area (Å²) in [5.74, 6) is 0.229. The molecule has 1 heterocycles. The maximum absolute atomic E-state index is 12.5. The van der Waals surface area contributed by atoms with Gasteiger partial charge in [0.15, 0.2) is 5.78 Å². The molecule has 0 atom stereocenters. The molecule has 1 aliphatic rings. The zero-order valence-corrected chi connectivity index (χ0v) is 12.7. The molecular weight excluding hydrogens is 258 g/mol. The number of fused-ring (bicyclic) bond motifs is 1. The van der Waals surface area contributed by atoms with Crippen molar-refractivity contribution in [1.82, 2.24) is 4.90 Å². The van der Waals surface area contributed by atoms with Crippen LogP contribution in [0.25, 0.3) is 0 Å². The number of Topliss-reactive ketones (excluding diaryl/α,β-unsaturated/α-hetero) is 1. The van der Waals surface area contributed by atoms with Crippen molar-refractivity contribution in [2.24, 2.45) is 0 Å². The van der Waals surface area contributed by atoms with Gasteiger partial charge in [-0.2, -0.15) is 0 Å². The molecule has 0 spiro atoms. The Balaban J connectivity index is 1.71. The molecular formula is C19H21NO. The van der Waals surface area contributed by atoms with Crippen molar-refractivity contribution in [3.05, 3.63) is 70.3 Å². The third-order valence-corrected chi connectivity index (χ3v) is 4.26. The van der Waals surface area contributed by atoms with Crippen molar-refractivity contribution in [2.75, 3.05) is 13.1 Å². The summed E-state index contributed by atoms with van der Waals surface area (Å²) < 4.78 is 0. The predicted octanol–water partition coefficient (Wildman–Crippen LogP) is 3.54. The molecule has 1 aliphatic heterocycles. The minimum atomic E-state index is 0.229. The van der Waals surface area contributed by atoms with Gasteiger partial charge < -0.3 is 0 Å². The second kappa shape index (κ2) is 5.82. The van der Waals surface area contributed by atoms with Gasteiger partial charge in [0, 0.05) is 18.7 Å². The van der Waals surface area contributed by atoms with Crippen LogP contribution in [-0.2, 0) is 13.0 Å². The zero-order valence-electron chi connectivity index (χ0n) is 12.7. The van der Waals surface area contributed by atoms with E-state index >= 15 is 0 Å². The number of carbonyl (C=O) groups is 1. The Labute approximate surface area is 126 Å². The van der Waals surface area contributed by atoms with Crippen molar-refractivity contribution < 1.29 is 4.79 Å². The highest BCUT2D eigenvalue weighted by Gasteiger charge is 2.19. The van der Waals surface area contributed by atoms with Gasteiger partial charge in [-0.05, 0) is 37.0 Å². The first kappa shape index (κ1) is 14.0. The smallest absolute Gasteiger partial charge is 0.177 e. The molecule has 3 rings (SSSR count). The van der Waals surface area contributed by atoms with Crippen LogP contribution >= 0.6 is 0 Å². The fourth-order valence-corrected chi connectivity index (χ4v) is 3.10. The van der Waals surface area contributed by atoms with Crippen molar-refractivity contribution in [3.8, 4) is 0 Å². The summed E-state index contributed by atoms with van der Waals surface area (Å²) >= 11 is 0. The van der Waals surface area contributed by atoms with Crippen LogP contribution in [0.15, 0.2) is 42.5 Å². The van der Waals surface area contributed by atoms with Crippen LogP contribution in [0.2, 0.25) is 0 Å². The molecule has 2 aromatic rings. The topological polar surface area (TPSA) is 20.3 Å². The minimum absolute atomic E-state index is 0.229. The Hall–Kier alpha value is -1.93. The monoisotopic (exact) mass is 279 g/mol. The van der Waals surface area contributed by atoms with Gasteiger partial charge in [0.05, 0.1) is 6.54 Å². The summed E-state index contributed by atoms with van der Waals surface area (Å²) in [6, 6.07) is 14.6.